The van der Waals surface area contributed by atoms with Crippen molar-refractivity contribution in [3.63, 3.8) is 0 Å². The van der Waals surface area contributed by atoms with Gasteiger partial charge in [0.2, 0.25) is 0 Å². The van der Waals surface area contributed by atoms with Crippen LogP contribution in [0.2, 0.25) is 0 Å². The molecule has 0 spiro atoms. The van der Waals surface area contributed by atoms with E-state index >= 15 is 0 Å². The second-order valence-electron chi connectivity index (χ2n) is 13.0. The van der Waals surface area contributed by atoms with Gasteiger partial charge in [0, 0.05) is 0 Å². The molecular formula is C40H44O8. The molecule has 8 nitrogen and oxygen atoms in total. The quantitative estimate of drug-likeness (QED) is 0.134. The molecule has 48 heavy (non-hydrogen) atoms. The highest BCUT2D eigenvalue weighted by Crippen LogP contribution is 2.35. The third-order valence-electron chi connectivity index (χ3n) is 8.60. The fourth-order valence-electron chi connectivity index (χ4n) is 5.56. The van der Waals surface area contributed by atoms with Gasteiger partial charge in [0.1, 0.15) is 73.8 Å². The van der Waals surface area contributed by atoms with Crippen molar-refractivity contribution in [2.75, 3.05) is 52.9 Å². The van der Waals surface area contributed by atoms with E-state index in [1.165, 1.54) is 11.1 Å². The highest BCUT2D eigenvalue weighted by molar-refractivity contribution is 5.70. The number of epoxide rings is 4. The summed E-state index contributed by atoms with van der Waals surface area (Å²) in [6.07, 6.45) is 1.11. The number of aryl methyl sites for hydroxylation is 4. The predicted octanol–water partition coefficient (Wildman–Crippen LogP) is 7.05. The Morgan fingerprint density at radius 1 is 0.417 bits per heavy atom. The molecule has 4 atom stereocenters. The molecule has 4 unspecified atom stereocenters. The van der Waals surface area contributed by atoms with Crippen LogP contribution in [-0.2, 0) is 18.9 Å². The van der Waals surface area contributed by atoms with Gasteiger partial charge in [-0.2, -0.15) is 0 Å². The molecule has 0 amide bonds. The third kappa shape index (κ3) is 9.08. The van der Waals surface area contributed by atoms with Crippen molar-refractivity contribution in [3.05, 3.63) is 95.1 Å². The van der Waals surface area contributed by atoms with Crippen LogP contribution in [0.5, 0.6) is 23.0 Å². The van der Waals surface area contributed by atoms with Gasteiger partial charge < -0.3 is 37.9 Å². The minimum Gasteiger partial charge on any atom is -0.491 e. The largest absolute Gasteiger partial charge is 0.491 e. The van der Waals surface area contributed by atoms with Gasteiger partial charge in [0.15, 0.2) is 0 Å². The Morgan fingerprint density at radius 2 is 0.688 bits per heavy atom. The minimum absolute atomic E-state index is 0.271. The van der Waals surface area contributed by atoms with Gasteiger partial charge in [-0.15, -0.1) is 0 Å². The monoisotopic (exact) mass is 652 g/mol. The number of hydrogen-bond donors (Lipinski definition) is 0. The Balaban J connectivity index is 0.000000154. The second kappa shape index (κ2) is 14.6. The zero-order valence-electron chi connectivity index (χ0n) is 28.2. The van der Waals surface area contributed by atoms with Crippen LogP contribution in [0, 0.1) is 27.7 Å². The number of benzene rings is 4. The zero-order chi connectivity index (χ0) is 33.0. The molecule has 0 bridgehead atoms. The molecule has 4 aromatic carbocycles. The van der Waals surface area contributed by atoms with E-state index in [1.54, 1.807) is 0 Å². The maximum atomic E-state index is 5.95. The minimum atomic E-state index is 0.271. The van der Waals surface area contributed by atoms with Crippen molar-refractivity contribution in [3.8, 4) is 45.3 Å². The lowest BCUT2D eigenvalue weighted by Crippen LogP contribution is -2.07. The first-order valence-electron chi connectivity index (χ1n) is 16.8. The third-order valence-corrected chi connectivity index (χ3v) is 8.60. The summed E-state index contributed by atoms with van der Waals surface area (Å²) in [4.78, 5) is 0. The van der Waals surface area contributed by atoms with Crippen LogP contribution in [0.4, 0.5) is 0 Å². The summed E-state index contributed by atoms with van der Waals surface area (Å²) in [5.41, 5.74) is 9.35. The number of rotatable bonds is 14. The van der Waals surface area contributed by atoms with E-state index in [-0.39, 0.29) is 24.4 Å². The first kappa shape index (κ1) is 32.5. The highest BCUT2D eigenvalue weighted by atomic mass is 16.6. The first-order valence-corrected chi connectivity index (χ1v) is 16.8. The molecular weight excluding hydrogens is 608 g/mol. The Labute approximate surface area is 282 Å². The molecule has 4 heterocycles. The zero-order valence-corrected chi connectivity index (χ0v) is 28.2. The molecule has 8 rings (SSSR count). The predicted molar refractivity (Wildman–Crippen MR) is 184 cm³/mol. The van der Waals surface area contributed by atoms with Crippen LogP contribution in [0.15, 0.2) is 72.8 Å². The lowest BCUT2D eigenvalue weighted by Gasteiger charge is -2.16. The van der Waals surface area contributed by atoms with Crippen LogP contribution in [-0.4, -0.2) is 77.3 Å². The van der Waals surface area contributed by atoms with Gasteiger partial charge >= 0.3 is 0 Å². The first-order chi connectivity index (χ1) is 23.4. The van der Waals surface area contributed by atoms with Gasteiger partial charge in [0.05, 0.1) is 26.4 Å². The smallest absolute Gasteiger partial charge is 0.125 e. The molecule has 252 valence electrons. The number of hydrogen-bond acceptors (Lipinski definition) is 8. The van der Waals surface area contributed by atoms with Crippen LogP contribution in [0.25, 0.3) is 22.3 Å². The van der Waals surface area contributed by atoms with Crippen molar-refractivity contribution in [2.45, 2.75) is 52.1 Å². The topological polar surface area (TPSA) is 87.0 Å². The van der Waals surface area contributed by atoms with Crippen molar-refractivity contribution in [1.29, 1.82) is 0 Å². The molecule has 4 aliphatic rings. The average molecular weight is 653 g/mol. The second-order valence-corrected chi connectivity index (χ2v) is 13.0. The van der Waals surface area contributed by atoms with E-state index in [2.05, 4.69) is 76.2 Å². The van der Waals surface area contributed by atoms with Crippen LogP contribution in [0.3, 0.4) is 0 Å². The Morgan fingerprint density at radius 3 is 0.958 bits per heavy atom. The van der Waals surface area contributed by atoms with Crippen molar-refractivity contribution >= 4 is 0 Å². The van der Waals surface area contributed by atoms with E-state index in [4.69, 9.17) is 37.9 Å². The van der Waals surface area contributed by atoms with Gasteiger partial charge in [-0.25, -0.2) is 0 Å². The molecule has 8 heteroatoms. The SMILES string of the molecule is Cc1cc(-c2cc(C)c(OCC3CO3)c(C)c2)cc(C)c1OCC1CO1.c1cc(-c2ccc(OCC3CO3)cc2)ccc1OCC1CO1. The van der Waals surface area contributed by atoms with Crippen LogP contribution < -0.4 is 18.9 Å². The average Bonchev–Trinajstić information content (AvgIpc) is 3.89. The fraction of sp³-hybridized carbons (Fsp3) is 0.400. The summed E-state index contributed by atoms with van der Waals surface area (Å²) < 4.78 is 43.9. The Bertz CT molecular complexity index is 1510. The molecule has 4 fully saturated rings. The van der Waals surface area contributed by atoms with Crippen molar-refractivity contribution in [2.24, 2.45) is 0 Å². The summed E-state index contributed by atoms with van der Waals surface area (Å²) in [6, 6.07) is 25.0. The van der Waals surface area contributed by atoms with Gasteiger partial charge in [-0.3, -0.25) is 0 Å². The summed E-state index contributed by atoms with van der Waals surface area (Å²) >= 11 is 0. The molecule has 0 radical (unpaired) electrons. The lowest BCUT2D eigenvalue weighted by atomic mass is 9.96. The maximum Gasteiger partial charge on any atom is 0.125 e. The Kier molecular flexibility index (Phi) is 9.86. The highest BCUT2D eigenvalue weighted by Gasteiger charge is 2.26. The summed E-state index contributed by atoms with van der Waals surface area (Å²) in [7, 11) is 0. The summed E-state index contributed by atoms with van der Waals surface area (Å²) in [5.74, 6) is 3.71. The van der Waals surface area contributed by atoms with Crippen LogP contribution >= 0.6 is 0 Å². The number of ether oxygens (including phenoxy) is 8. The van der Waals surface area contributed by atoms with E-state index in [9.17, 15) is 0 Å². The molecule has 4 aromatic rings. The standard InChI is InChI=1S/C22H26O4.C18H18O4/c1-13-5-17(6-14(2)21(13)25-11-19-9-23-19)18-7-15(3)22(16(4)8-18)26-12-20-10-24-20;1-5-15(19-9-17-11-21-17)6-2-13(1)14-3-7-16(8-4-14)20-10-18-12-22-18/h5-8,19-20H,9-12H2,1-4H3;1-8,17-18H,9-12H2. The molecule has 4 aliphatic heterocycles. The van der Waals surface area contributed by atoms with E-state index < -0.39 is 0 Å². The van der Waals surface area contributed by atoms with Crippen molar-refractivity contribution < 1.29 is 37.9 Å². The lowest BCUT2D eigenvalue weighted by molar-refractivity contribution is 0.260. The van der Waals surface area contributed by atoms with Crippen molar-refractivity contribution in [1.82, 2.24) is 0 Å². The van der Waals surface area contributed by atoms with Gasteiger partial charge in [0.25, 0.3) is 0 Å². The molecule has 0 aliphatic carbocycles. The van der Waals surface area contributed by atoms with Gasteiger partial charge in [-0.05, 0) is 121 Å². The van der Waals surface area contributed by atoms with Crippen LogP contribution in [0.1, 0.15) is 22.3 Å². The molecule has 4 saturated heterocycles. The van der Waals surface area contributed by atoms with E-state index in [0.717, 1.165) is 82.8 Å². The Hall–Kier alpha value is -4.08. The molecule has 0 N–H and O–H groups in total. The van der Waals surface area contributed by atoms with E-state index in [0.29, 0.717) is 26.4 Å². The van der Waals surface area contributed by atoms with Gasteiger partial charge in [-0.1, -0.05) is 24.3 Å². The summed E-state index contributed by atoms with van der Waals surface area (Å²) in [5, 5.41) is 0. The molecule has 0 saturated carbocycles. The summed E-state index contributed by atoms with van der Waals surface area (Å²) in [6.45, 7) is 14.2. The molecule has 0 aromatic heterocycles. The normalized spacial score (nSPS) is 21.4. The fourth-order valence-corrected chi connectivity index (χ4v) is 5.56. The maximum absolute atomic E-state index is 5.95. The van der Waals surface area contributed by atoms with E-state index in [1.807, 2.05) is 24.3 Å².